The lowest BCUT2D eigenvalue weighted by Gasteiger charge is -2.13. The van der Waals surface area contributed by atoms with Crippen molar-refractivity contribution in [2.45, 2.75) is 25.8 Å². The Balaban J connectivity index is 2.39. The molecule has 1 atom stereocenters. The fourth-order valence-corrected chi connectivity index (χ4v) is 1.18. The third-order valence-corrected chi connectivity index (χ3v) is 1.92. The molecule has 1 heterocycles. The van der Waals surface area contributed by atoms with Gasteiger partial charge in [-0.2, -0.15) is 0 Å². The summed E-state index contributed by atoms with van der Waals surface area (Å²) < 4.78 is 12.5. The molecular weight excluding hydrogens is 183 g/mol. The van der Waals surface area contributed by atoms with Gasteiger partial charge in [-0.1, -0.05) is 0 Å². The Bertz CT molecular complexity index is 263. The van der Waals surface area contributed by atoms with Crippen LogP contribution in [0.5, 0.6) is 0 Å². The van der Waals surface area contributed by atoms with Crippen LogP contribution in [0.15, 0.2) is 18.3 Å². The fourth-order valence-electron chi connectivity index (χ4n) is 1.18. The maximum atomic E-state index is 12.5. The number of anilines is 1. The first kappa shape index (κ1) is 10.9. The number of nitrogens with one attached hydrogen (secondary N) is 1. The maximum absolute atomic E-state index is 12.5. The number of hydrogen-bond donors (Lipinski definition) is 2. The van der Waals surface area contributed by atoms with E-state index < -0.39 is 0 Å². The molecule has 2 N–H and O–H groups in total. The first-order valence-electron chi connectivity index (χ1n) is 4.71. The minimum atomic E-state index is -0.335. The molecule has 1 unspecified atom stereocenters. The molecular formula is C10H15FN2O. The quantitative estimate of drug-likeness (QED) is 0.758. The molecule has 0 amide bonds. The summed E-state index contributed by atoms with van der Waals surface area (Å²) in [4.78, 5) is 3.88. The van der Waals surface area contributed by atoms with Crippen LogP contribution in [0.25, 0.3) is 0 Å². The van der Waals surface area contributed by atoms with Crippen molar-refractivity contribution in [2.24, 2.45) is 0 Å². The normalized spacial score (nSPS) is 12.5. The van der Waals surface area contributed by atoms with Crippen molar-refractivity contribution in [3.05, 3.63) is 24.1 Å². The predicted octanol–water partition coefficient (Wildman–Crippen LogP) is 1.79. The van der Waals surface area contributed by atoms with Crippen LogP contribution in [0, 0.1) is 5.82 Å². The summed E-state index contributed by atoms with van der Waals surface area (Å²) >= 11 is 0. The van der Waals surface area contributed by atoms with Gasteiger partial charge in [0, 0.05) is 12.6 Å². The van der Waals surface area contributed by atoms with Crippen LogP contribution in [0.1, 0.15) is 19.8 Å². The van der Waals surface area contributed by atoms with E-state index in [1.807, 2.05) is 6.92 Å². The Hall–Kier alpha value is -1.16. The van der Waals surface area contributed by atoms with Crippen molar-refractivity contribution < 1.29 is 9.50 Å². The van der Waals surface area contributed by atoms with Crippen LogP contribution < -0.4 is 5.32 Å². The minimum absolute atomic E-state index is 0.197. The van der Waals surface area contributed by atoms with Crippen LogP contribution in [0.4, 0.5) is 10.2 Å². The van der Waals surface area contributed by atoms with Gasteiger partial charge in [0.15, 0.2) is 0 Å². The number of hydrogen-bond acceptors (Lipinski definition) is 3. The first-order chi connectivity index (χ1) is 6.72. The Morgan fingerprint density at radius 1 is 1.57 bits per heavy atom. The molecule has 0 saturated heterocycles. The summed E-state index contributed by atoms with van der Waals surface area (Å²) in [5.41, 5.74) is 0. The molecule has 78 valence electrons. The van der Waals surface area contributed by atoms with Crippen LogP contribution in [0.2, 0.25) is 0 Å². The predicted molar refractivity (Wildman–Crippen MR) is 53.6 cm³/mol. The number of rotatable bonds is 5. The highest BCUT2D eigenvalue weighted by Crippen LogP contribution is 2.07. The monoisotopic (exact) mass is 198 g/mol. The van der Waals surface area contributed by atoms with Crippen LogP contribution >= 0.6 is 0 Å². The van der Waals surface area contributed by atoms with Crippen molar-refractivity contribution in [1.82, 2.24) is 4.98 Å². The number of halogens is 1. The van der Waals surface area contributed by atoms with Gasteiger partial charge < -0.3 is 10.4 Å². The van der Waals surface area contributed by atoms with Crippen molar-refractivity contribution >= 4 is 5.82 Å². The van der Waals surface area contributed by atoms with Gasteiger partial charge in [0.05, 0.1) is 6.20 Å². The average molecular weight is 198 g/mol. The molecule has 0 aliphatic heterocycles. The Labute approximate surface area is 83.0 Å². The Kier molecular flexibility index (Phi) is 4.32. The SMILES string of the molecule is CC(CCCO)Nc1ccc(F)cn1. The highest BCUT2D eigenvalue weighted by Gasteiger charge is 2.02. The van der Waals surface area contributed by atoms with E-state index in [9.17, 15) is 4.39 Å². The van der Waals surface area contributed by atoms with Gasteiger partial charge >= 0.3 is 0 Å². The Morgan fingerprint density at radius 3 is 2.93 bits per heavy atom. The molecule has 3 nitrogen and oxygen atoms in total. The molecule has 1 aromatic heterocycles. The molecule has 0 aliphatic rings. The van der Waals surface area contributed by atoms with Gasteiger partial charge in [-0.3, -0.25) is 0 Å². The lowest BCUT2D eigenvalue weighted by atomic mass is 10.2. The van der Waals surface area contributed by atoms with Gasteiger partial charge in [0.25, 0.3) is 0 Å². The molecule has 0 radical (unpaired) electrons. The molecule has 1 aromatic rings. The third-order valence-electron chi connectivity index (χ3n) is 1.92. The molecule has 0 bridgehead atoms. The summed E-state index contributed by atoms with van der Waals surface area (Å²) in [5, 5.41) is 11.7. The van der Waals surface area contributed by atoms with E-state index in [0.717, 1.165) is 12.8 Å². The van der Waals surface area contributed by atoms with Gasteiger partial charge in [0.1, 0.15) is 11.6 Å². The summed E-state index contributed by atoms with van der Waals surface area (Å²) in [6, 6.07) is 3.21. The second-order valence-corrected chi connectivity index (χ2v) is 3.27. The number of aromatic nitrogens is 1. The molecule has 4 heteroatoms. The van der Waals surface area contributed by atoms with Crippen LogP contribution in [0.3, 0.4) is 0 Å². The molecule has 0 saturated carbocycles. The zero-order valence-electron chi connectivity index (χ0n) is 8.20. The number of pyridine rings is 1. The van der Waals surface area contributed by atoms with Gasteiger partial charge in [-0.25, -0.2) is 9.37 Å². The molecule has 0 fully saturated rings. The van der Waals surface area contributed by atoms with Crippen LogP contribution in [-0.4, -0.2) is 22.7 Å². The number of aliphatic hydroxyl groups excluding tert-OH is 1. The summed E-state index contributed by atoms with van der Waals surface area (Å²) in [7, 11) is 0. The van der Waals surface area contributed by atoms with Crippen LogP contribution in [-0.2, 0) is 0 Å². The fraction of sp³-hybridized carbons (Fsp3) is 0.500. The highest BCUT2D eigenvalue weighted by atomic mass is 19.1. The third kappa shape index (κ3) is 3.70. The second-order valence-electron chi connectivity index (χ2n) is 3.27. The molecule has 0 aromatic carbocycles. The van der Waals surface area contributed by atoms with E-state index in [2.05, 4.69) is 10.3 Å². The van der Waals surface area contributed by atoms with E-state index in [0.29, 0.717) is 5.82 Å². The number of aliphatic hydroxyl groups is 1. The summed E-state index contributed by atoms with van der Waals surface area (Å²) in [6.07, 6.45) is 2.81. The Morgan fingerprint density at radius 2 is 2.36 bits per heavy atom. The zero-order chi connectivity index (χ0) is 10.4. The van der Waals surface area contributed by atoms with E-state index in [4.69, 9.17) is 5.11 Å². The van der Waals surface area contributed by atoms with Crippen molar-refractivity contribution in [2.75, 3.05) is 11.9 Å². The molecule has 0 spiro atoms. The smallest absolute Gasteiger partial charge is 0.141 e. The second kappa shape index (κ2) is 5.54. The molecule has 1 rings (SSSR count). The van der Waals surface area contributed by atoms with Crippen molar-refractivity contribution in [3.63, 3.8) is 0 Å². The van der Waals surface area contributed by atoms with Gasteiger partial charge in [-0.05, 0) is 31.9 Å². The molecule has 0 aliphatic carbocycles. The van der Waals surface area contributed by atoms with E-state index >= 15 is 0 Å². The average Bonchev–Trinajstić information content (AvgIpc) is 2.18. The minimum Gasteiger partial charge on any atom is -0.396 e. The lowest BCUT2D eigenvalue weighted by Crippen LogP contribution is -2.16. The molecule has 14 heavy (non-hydrogen) atoms. The standard InChI is InChI=1S/C10H15FN2O/c1-8(3-2-6-14)13-10-5-4-9(11)7-12-10/h4-5,7-8,14H,2-3,6H2,1H3,(H,12,13). The lowest BCUT2D eigenvalue weighted by molar-refractivity contribution is 0.282. The first-order valence-corrected chi connectivity index (χ1v) is 4.71. The van der Waals surface area contributed by atoms with Crippen molar-refractivity contribution in [3.8, 4) is 0 Å². The van der Waals surface area contributed by atoms with E-state index in [1.165, 1.54) is 12.3 Å². The van der Waals surface area contributed by atoms with Gasteiger partial charge in [0.2, 0.25) is 0 Å². The maximum Gasteiger partial charge on any atom is 0.141 e. The van der Waals surface area contributed by atoms with E-state index in [-0.39, 0.29) is 18.5 Å². The van der Waals surface area contributed by atoms with E-state index in [1.54, 1.807) is 6.07 Å². The van der Waals surface area contributed by atoms with Gasteiger partial charge in [-0.15, -0.1) is 0 Å². The zero-order valence-corrected chi connectivity index (χ0v) is 8.20. The van der Waals surface area contributed by atoms with Crippen molar-refractivity contribution in [1.29, 1.82) is 0 Å². The highest BCUT2D eigenvalue weighted by molar-refractivity contribution is 5.34. The summed E-state index contributed by atoms with van der Waals surface area (Å²) in [5.74, 6) is 0.329. The number of nitrogens with zero attached hydrogens (tertiary/aromatic N) is 1. The topological polar surface area (TPSA) is 45.1 Å². The summed E-state index contributed by atoms with van der Waals surface area (Å²) in [6.45, 7) is 2.20. The largest absolute Gasteiger partial charge is 0.396 e.